The van der Waals surface area contributed by atoms with Gasteiger partial charge in [0.1, 0.15) is 5.49 Å². The van der Waals surface area contributed by atoms with Crippen molar-refractivity contribution in [1.29, 1.82) is 5.41 Å². The third-order valence-electron chi connectivity index (χ3n) is 2.43. The summed E-state index contributed by atoms with van der Waals surface area (Å²) in [5.41, 5.74) is 2.61. The zero-order chi connectivity index (χ0) is 11.2. The topological polar surface area (TPSA) is 36.7 Å². The van der Waals surface area contributed by atoms with Gasteiger partial charge in [0.25, 0.3) is 0 Å². The van der Waals surface area contributed by atoms with E-state index in [1.165, 1.54) is 5.56 Å². The Kier molecular flexibility index (Phi) is 3.44. The summed E-state index contributed by atoms with van der Waals surface area (Å²) in [7, 11) is 0. The van der Waals surface area contributed by atoms with Gasteiger partial charge in [-0.3, -0.25) is 5.41 Å². The fourth-order valence-electron chi connectivity index (χ4n) is 1.60. The van der Waals surface area contributed by atoms with Gasteiger partial charge in [0, 0.05) is 5.69 Å². The van der Waals surface area contributed by atoms with E-state index in [2.05, 4.69) is 17.1 Å². The number of benzene rings is 1. The van der Waals surface area contributed by atoms with Crippen molar-refractivity contribution in [2.24, 2.45) is 0 Å². The average Bonchev–Trinajstić information content (AvgIpc) is 2.52. The van der Waals surface area contributed by atoms with Crippen molar-refractivity contribution in [2.45, 2.75) is 12.8 Å². The highest BCUT2D eigenvalue weighted by Gasteiger charge is 1.95. The largest absolute Gasteiger partial charge is 0.283 e. The van der Waals surface area contributed by atoms with Crippen LogP contribution >= 0.6 is 0 Å². The molecule has 0 aliphatic carbocycles. The average molecular weight is 210 g/mol. The molecule has 0 amide bonds. The highest BCUT2D eigenvalue weighted by molar-refractivity contribution is 5.16. The van der Waals surface area contributed by atoms with Gasteiger partial charge >= 0.3 is 0 Å². The predicted molar refractivity (Wildman–Crippen MR) is 63.9 cm³/mol. The lowest BCUT2D eigenvalue weighted by Gasteiger charge is -1.98. The second-order valence-electron chi connectivity index (χ2n) is 3.69. The summed E-state index contributed by atoms with van der Waals surface area (Å²) in [6.45, 7) is 0. The Hall–Kier alpha value is -1.96. The van der Waals surface area contributed by atoms with Crippen LogP contribution in [-0.2, 0) is 12.8 Å². The van der Waals surface area contributed by atoms with Gasteiger partial charge < -0.3 is 0 Å². The molecule has 2 rings (SSSR count). The Morgan fingerprint density at radius 3 is 2.31 bits per heavy atom. The van der Waals surface area contributed by atoms with E-state index in [1.54, 1.807) is 6.07 Å². The molecule has 0 aliphatic heterocycles. The Labute approximate surface area is 95.1 Å². The maximum atomic E-state index is 7.53. The number of nitrogens with one attached hydrogen (secondary N) is 1. The van der Waals surface area contributed by atoms with Crippen LogP contribution in [-0.4, -0.2) is 4.98 Å². The van der Waals surface area contributed by atoms with Crippen LogP contribution in [0.1, 0.15) is 11.3 Å². The minimum absolute atomic E-state index is 0.327. The summed E-state index contributed by atoms with van der Waals surface area (Å²) in [4.78, 5) is 4.22. The number of nitrogens with zero attached hydrogens (tertiary/aromatic N) is 1. The molecule has 0 unspecified atom stereocenters. The second-order valence-corrected chi connectivity index (χ2v) is 3.69. The van der Waals surface area contributed by atoms with E-state index in [4.69, 9.17) is 5.41 Å². The molecule has 0 radical (unpaired) electrons. The van der Waals surface area contributed by atoms with Gasteiger partial charge in [0.15, 0.2) is 0 Å². The number of hydrogen-bond acceptors (Lipinski definition) is 2. The van der Waals surface area contributed by atoms with Crippen molar-refractivity contribution < 1.29 is 0 Å². The van der Waals surface area contributed by atoms with Gasteiger partial charge in [0.05, 0.1) is 0 Å². The molecule has 0 bridgehead atoms. The lowest BCUT2D eigenvalue weighted by atomic mass is 10.1. The zero-order valence-corrected chi connectivity index (χ0v) is 9.06. The van der Waals surface area contributed by atoms with Crippen molar-refractivity contribution in [1.82, 2.24) is 4.98 Å². The Balaban J connectivity index is 2.09. The monoisotopic (exact) mass is 210 g/mol. The summed E-state index contributed by atoms with van der Waals surface area (Å²) in [6.07, 6.45) is 1.85. The van der Waals surface area contributed by atoms with Crippen molar-refractivity contribution >= 4 is 0 Å². The van der Waals surface area contributed by atoms with E-state index in [9.17, 15) is 0 Å². The summed E-state index contributed by atoms with van der Waals surface area (Å²) in [5, 5.41) is 7.53. The maximum absolute atomic E-state index is 7.53. The van der Waals surface area contributed by atoms with Crippen LogP contribution in [0.25, 0.3) is 0 Å². The minimum Gasteiger partial charge on any atom is -0.283 e. The fourth-order valence-corrected chi connectivity index (χ4v) is 1.60. The van der Waals surface area contributed by atoms with Gasteiger partial charge in [-0.1, -0.05) is 42.5 Å². The van der Waals surface area contributed by atoms with Crippen molar-refractivity contribution in [3.05, 3.63) is 71.3 Å². The van der Waals surface area contributed by atoms with Crippen molar-refractivity contribution in [3.63, 3.8) is 0 Å². The molecule has 1 heterocycles. The van der Waals surface area contributed by atoms with Gasteiger partial charge in [-0.25, -0.2) is 4.98 Å². The molecule has 80 valence electrons. The zero-order valence-electron chi connectivity index (χ0n) is 9.06. The Bertz CT molecular complexity index is 506. The first-order chi connectivity index (χ1) is 7.84. The van der Waals surface area contributed by atoms with E-state index in [0.717, 1.165) is 18.5 Å². The molecule has 0 spiro atoms. The van der Waals surface area contributed by atoms with Crippen LogP contribution in [0, 0.1) is 5.41 Å². The first-order valence-corrected chi connectivity index (χ1v) is 5.39. The van der Waals surface area contributed by atoms with E-state index in [1.807, 2.05) is 36.4 Å². The summed E-state index contributed by atoms with van der Waals surface area (Å²) in [5.74, 6) is 0. The quantitative estimate of drug-likeness (QED) is 0.829. The highest BCUT2D eigenvalue weighted by Crippen LogP contribution is 2.03. The van der Waals surface area contributed by atoms with Gasteiger partial charge in [-0.15, -0.1) is 0 Å². The molecule has 16 heavy (non-hydrogen) atoms. The predicted octanol–water partition coefficient (Wildman–Crippen LogP) is 2.35. The Morgan fingerprint density at radius 2 is 1.50 bits per heavy atom. The van der Waals surface area contributed by atoms with E-state index in [0.29, 0.717) is 5.49 Å². The molecular formula is C14H14N2. The molecule has 2 heteroatoms. The number of rotatable bonds is 3. The van der Waals surface area contributed by atoms with Crippen LogP contribution in [0.2, 0.25) is 0 Å². The maximum Gasteiger partial charge on any atom is 0.144 e. The van der Waals surface area contributed by atoms with E-state index in [-0.39, 0.29) is 0 Å². The van der Waals surface area contributed by atoms with Crippen LogP contribution < -0.4 is 5.49 Å². The van der Waals surface area contributed by atoms with Gasteiger partial charge in [-0.05, 0) is 30.5 Å². The molecule has 2 aromatic rings. The van der Waals surface area contributed by atoms with Crippen molar-refractivity contribution in [2.75, 3.05) is 0 Å². The SMILES string of the molecule is N=c1ccccc(CCc2ccccc2)n1. The smallest absolute Gasteiger partial charge is 0.144 e. The molecule has 0 saturated carbocycles. The first kappa shape index (κ1) is 10.6. The third-order valence-corrected chi connectivity index (χ3v) is 2.43. The highest BCUT2D eigenvalue weighted by atomic mass is 14.7. The van der Waals surface area contributed by atoms with Gasteiger partial charge in [0.2, 0.25) is 0 Å². The molecule has 1 N–H and O–H groups in total. The number of aromatic nitrogens is 1. The lowest BCUT2D eigenvalue weighted by Crippen LogP contribution is -2.03. The molecule has 0 aliphatic rings. The van der Waals surface area contributed by atoms with Crippen LogP contribution in [0.3, 0.4) is 0 Å². The normalized spacial score (nSPS) is 10.0. The minimum atomic E-state index is 0.327. The number of hydrogen-bond donors (Lipinski definition) is 1. The third kappa shape index (κ3) is 3.02. The standard InChI is InChI=1S/C14H14N2/c15-14-9-5-4-8-13(16-14)11-10-12-6-2-1-3-7-12/h1-9,15H,10-11H2. The van der Waals surface area contributed by atoms with Crippen LogP contribution in [0.4, 0.5) is 0 Å². The summed E-state index contributed by atoms with van der Waals surface area (Å²) >= 11 is 0. The second kappa shape index (κ2) is 5.21. The molecule has 2 nitrogen and oxygen atoms in total. The summed E-state index contributed by atoms with van der Waals surface area (Å²) < 4.78 is 0. The van der Waals surface area contributed by atoms with Gasteiger partial charge in [-0.2, -0.15) is 0 Å². The molecule has 1 aromatic carbocycles. The van der Waals surface area contributed by atoms with Crippen LogP contribution in [0.15, 0.2) is 54.6 Å². The molecule has 0 atom stereocenters. The lowest BCUT2D eigenvalue weighted by molar-refractivity contribution is 0.898. The fraction of sp³-hybridized carbons (Fsp3) is 0.143. The molecule has 1 aromatic heterocycles. The first-order valence-electron chi connectivity index (χ1n) is 5.39. The Morgan fingerprint density at radius 1 is 0.812 bits per heavy atom. The van der Waals surface area contributed by atoms with Crippen LogP contribution in [0.5, 0.6) is 0 Å². The molecule has 0 fully saturated rings. The van der Waals surface area contributed by atoms with E-state index >= 15 is 0 Å². The van der Waals surface area contributed by atoms with Crippen molar-refractivity contribution in [3.8, 4) is 0 Å². The molecule has 0 saturated heterocycles. The molecular weight excluding hydrogens is 196 g/mol. The summed E-state index contributed by atoms with van der Waals surface area (Å²) in [6, 6.07) is 17.8. The van der Waals surface area contributed by atoms with E-state index < -0.39 is 0 Å². The number of aryl methyl sites for hydroxylation is 2.